The fourth-order valence-electron chi connectivity index (χ4n) is 5.27. The topological polar surface area (TPSA) is 27.7 Å². The predicted octanol–water partition coefficient (Wildman–Crippen LogP) is 3.98. The lowest BCUT2D eigenvalue weighted by atomic mass is 9.58. The van der Waals surface area contributed by atoms with Crippen molar-refractivity contribution in [2.24, 2.45) is 29.6 Å². The van der Waals surface area contributed by atoms with Gasteiger partial charge in [-0.05, 0) is 50.9 Å². The predicted molar refractivity (Wildman–Crippen MR) is 82.6 cm³/mol. The average Bonchev–Trinajstić information content (AvgIpc) is 2.58. The van der Waals surface area contributed by atoms with Crippen LogP contribution in [0.4, 0.5) is 0 Å². The molecule has 1 aliphatic carbocycles. The van der Waals surface area contributed by atoms with Crippen molar-refractivity contribution in [2.45, 2.75) is 64.6 Å². The maximum Gasteiger partial charge on any atom is 0.172 e. The van der Waals surface area contributed by atoms with Gasteiger partial charge in [0.25, 0.3) is 0 Å². The quantitative estimate of drug-likeness (QED) is 0.721. The average molecular weight is 294 g/mol. The van der Waals surface area contributed by atoms with Gasteiger partial charge in [0.1, 0.15) is 0 Å². The van der Waals surface area contributed by atoms with Gasteiger partial charge in [-0.3, -0.25) is 0 Å². The first-order valence-electron chi connectivity index (χ1n) is 8.51. The van der Waals surface area contributed by atoms with Crippen molar-refractivity contribution in [3.8, 4) is 0 Å². The molecule has 0 N–H and O–H groups in total. The number of hydrogen-bond acceptors (Lipinski definition) is 3. The molecule has 21 heavy (non-hydrogen) atoms. The van der Waals surface area contributed by atoms with E-state index in [2.05, 4.69) is 27.4 Å². The van der Waals surface area contributed by atoms with Crippen LogP contribution in [0.3, 0.4) is 0 Å². The molecule has 0 spiro atoms. The van der Waals surface area contributed by atoms with Crippen LogP contribution in [0.25, 0.3) is 0 Å². The van der Waals surface area contributed by atoms with Crippen LogP contribution in [0.2, 0.25) is 0 Å². The zero-order valence-electron chi connectivity index (χ0n) is 13.9. The second-order valence-electron chi connectivity index (χ2n) is 7.46. The molecule has 5 unspecified atom stereocenters. The molecule has 2 saturated heterocycles. The molecule has 3 heteroatoms. The summed E-state index contributed by atoms with van der Waals surface area (Å²) in [6.45, 7) is 10.8. The lowest BCUT2D eigenvalue weighted by molar-refractivity contribution is -0.379. The Bertz CT molecular complexity index is 396. The second kappa shape index (κ2) is 5.68. The smallest absolute Gasteiger partial charge is 0.172 e. The van der Waals surface area contributed by atoms with Gasteiger partial charge < -0.3 is 14.2 Å². The second-order valence-corrected chi connectivity index (χ2v) is 7.46. The van der Waals surface area contributed by atoms with Crippen molar-refractivity contribution in [1.82, 2.24) is 0 Å². The highest BCUT2D eigenvalue weighted by Gasteiger charge is 2.58. The van der Waals surface area contributed by atoms with Crippen molar-refractivity contribution >= 4 is 0 Å². The molecule has 2 heterocycles. The van der Waals surface area contributed by atoms with Gasteiger partial charge in [-0.25, -0.2) is 0 Å². The molecule has 0 aromatic carbocycles. The molecule has 0 bridgehead atoms. The van der Waals surface area contributed by atoms with Crippen molar-refractivity contribution in [3.63, 3.8) is 0 Å². The Kier molecular flexibility index (Phi) is 4.19. The molecule has 3 rings (SSSR count). The van der Waals surface area contributed by atoms with Crippen LogP contribution in [0.15, 0.2) is 12.7 Å². The molecule has 0 radical (unpaired) electrons. The largest absolute Gasteiger partial charge is 0.355 e. The summed E-state index contributed by atoms with van der Waals surface area (Å²) in [5.74, 6) is 2.24. The fourth-order valence-corrected chi connectivity index (χ4v) is 5.27. The van der Waals surface area contributed by atoms with Crippen molar-refractivity contribution in [3.05, 3.63) is 12.7 Å². The van der Waals surface area contributed by atoms with Crippen LogP contribution in [0, 0.1) is 29.6 Å². The maximum absolute atomic E-state index is 6.38. The first kappa shape index (κ1) is 15.5. The normalized spacial score (nSPS) is 53.6. The Labute approximate surface area is 129 Å². The minimum atomic E-state index is -0.514. The molecule has 2 aliphatic heterocycles. The molecular weight excluding hydrogens is 264 g/mol. The van der Waals surface area contributed by atoms with E-state index in [0.29, 0.717) is 17.8 Å². The summed E-state index contributed by atoms with van der Waals surface area (Å²) >= 11 is 0. The van der Waals surface area contributed by atoms with E-state index in [1.807, 2.05) is 6.08 Å². The van der Waals surface area contributed by atoms with Crippen LogP contribution < -0.4 is 0 Å². The molecular formula is C18H30O3. The van der Waals surface area contributed by atoms with Crippen LogP contribution >= 0.6 is 0 Å². The van der Waals surface area contributed by atoms with E-state index >= 15 is 0 Å². The minimum Gasteiger partial charge on any atom is -0.355 e. The van der Waals surface area contributed by atoms with E-state index in [0.717, 1.165) is 12.3 Å². The molecule has 3 fully saturated rings. The van der Waals surface area contributed by atoms with Gasteiger partial charge in [0, 0.05) is 18.9 Å². The summed E-state index contributed by atoms with van der Waals surface area (Å²) in [4.78, 5) is 0. The number of methoxy groups -OCH3 is 1. The molecule has 120 valence electrons. The van der Waals surface area contributed by atoms with Gasteiger partial charge in [0.05, 0.1) is 6.10 Å². The highest BCUT2D eigenvalue weighted by Crippen LogP contribution is 2.56. The molecule has 3 nitrogen and oxygen atoms in total. The molecule has 0 amide bonds. The summed E-state index contributed by atoms with van der Waals surface area (Å²) in [5, 5.41) is 0. The van der Waals surface area contributed by atoms with E-state index in [1.165, 1.54) is 19.3 Å². The van der Waals surface area contributed by atoms with E-state index in [4.69, 9.17) is 14.2 Å². The zero-order valence-corrected chi connectivity index (χ0v) is 13.9. The first-order chi connectivity index (χ1) is 10.00. The van der Waals surface area contributed by atoms with Gasteiger partial charge in [-0.2, -0.15) is 0 Å². The highest BCUT2D eigenvalue weighted by atomic mass is 16.8. The molecule has 0 aromatic rings. The van der Waals surface area contributed by atoms with Gasteiger partial charge >= 0.3 is 0 Å². The highest BCUT2D eigenvalue weighted by molar-refractivity contribution is 5.04. The third kappa shape index (κ3) is 2.47. The van der Waals surface area contributed by atoms with Crippen LogP contribution in [-0.4, -0.2) is 25.3 Å². The Morgan fingerprint density at radius 2 is 1.81 bits per heavy atom. The number of rotatable bonds is 2. The van der Waals surface area contributed by atoms with Crippen LogP contribution in [0.5, 0.6) is 0 Å². The SMILES string of the molecule is C=CC1[C@H](OC)OC2(C)OC(C)CCC3C2[C@H]1CC[C@H]3C. The lowest BCUT2D eigenvalue weighted by Gasteiger charge is -2.56. The molecule has 8 atom stereocenters. The molecule has 3 aliphatic rings. The molecule has 1 saturated carbocycles. The molecule has 0 aromatic heterocycles. The van der Waals surface area contributed by atoms with Crippen LogP contribution in [-0.2, 0) is 14.2 Å². The third-order valence-electron chi connectivity index (χ3n) is 6.22. The summed E-state index contributed by atoms with van der Waals surface area (Å²) in [6.07, 6.45) is 6.99. The van der Waals surface area contributed by atoms with Gasteiger partial charge in [-0.1, -0.05) is 19.4 Å². The Morgan fingerprint density at radius 3 is 2.48 bits per heavy atom. The summed E-state index contributed by atoms with van der Waals surface area (Å²) < 4.78 is 18.4. The van der Waals surface area contributed by atoms with Gasteiger partial charge in [0.15, 0.2) is 12.1 Å². The number of ether oxygens (including phenoxy) is 3. The summed E-state index contributed by atoms with van der Waals surface area (Å²) in [5.41, 5.74) is 0. The third-order valence-corrected chi connectivity index (χ3v) is 6.22. The van der Waals surface area contributed by atoms with Crippen molar-refractivity contribution < 1.29 is 14.2 Å². The van der Waals surface area contributed by atoms with Crippen molar-refractivity contribution in [1.29, 1.82) is 0 Å². The Morgan fingerprint density at radius 1 is 1.10 bits per heavy atom. The van der Waals surface area contributed by atoms with E-state index in [-0.39, 0.29) is 18.3 Å². The van der Waals surface area contributed by atoms with E-state index < -0.39 is 5.79 Å². The number of hydrogen-bond donors (Lipinski definition) is 0. The minimum absolute atomic E-state index is 0.229. The fraction of sp³-hybridized carbons (Fsp3) is 0.889. The van der Waals surface area contributed by atoms with Crippen LogP contribution in [0.1, 0.15) is 46.5 Å². The zero-order chi connectivity index (χ0) is 15.2. The van der Waals surface area contributed by atoms with E-state index in [9.17, 15) is 0 Å². The van der Waals surface area contributed by atoms with E-state index in [1.54, 1.807) is 7.11 Å². The first-order valence-corrected chi connectivity index (χ1v) is 8.51. The Hall–Kier alpha value is -0.380. The standard InChI is InChI=1S/C18H30O3/c1-6-13-15-9-7-11(2)14-10-8-12(3)20-18(4,16(14)15)21-17(13)19-5/h6,11-17H,1,7-10H2,2-5H3/t11-,12?,13?,14?,15+,16?,17-,18?/m1/s1. The van der Waals surface area contributed by atoms with Crippen molar-refractivity contribution in [2.75, 3.05) is 7.11 Å². The Balaban J connectivity index is 2.00. The monoisotopic (exact) mass is 294 g/mol. The summed E-state index contributed by atoms with van der Waals surface area (Å²) in [7, 11) is 1.73. The van der Waals surface area contributed by atoms with Gasteiger partial charge in [-0.15, -0.1) is 6.58 Å². The van der Waals surface area contributed by atoms with Gasteiger partial charge in [0.2, 0.25) is 0 Å². The maximum atomic E-state index is 6.38. The summed E-state index contributed by atoms with van der Waals surface area (Å²) in [6, 6.07) is 0. The lowest BCUT2D eigenvalue weighted by Crippen LogP contribution is -2.60.